The van der Waals surface area contributed by atoms with Crippen LogP contribution in [0, 0.1) is 13.8 Å². The molecule has 2 aromatic rings. The third-order valence-electron chi connectivity index (χ3n) is 3.24. The first-order valence-electron chi connectivity index (χ1n) is 7.12. The quantitative estimate of drug-likeness (QED) is 0.861. The molecule has 1 heterocycles. The SMILES string of the molecule is CCc1ccc(NC(=O)COC(=O)c2cc(C)oc2C)cc1. The van der Waals surface area contributed by atoms with Crippen molar-refractivity contribution in [1.29, 1.82) is 0 Å². The van der Waals surface area contributed by atoms with E-state index in [1.54, 1.807) is 19.9 Å². The van der Waals surface area contributed by atoms with Gasteiger partial charge in [0.2, 0.25) is 0 Å². The molecule has 1 amide bonds. The van der Waals surface area contributed by atoms with Crippen molar-refractivity contribution in [2.75, 3.05) is 11.9 Å². The van der Waals surface area contributed by atoms with E-state index >= 15 is 0 Å². The predicted octanol–water partition coefficient (Wildman–Crippen LogP) is 3.25. The molecular weight excluding hydrogens is 282 g/mol. The van der Waals surface area contributed by atoms with Crippen molar-refractivity contribution in [1.82, 2.24) is 0 Å². The van der Waals surface area contributed by atoms with Crippen molar-refractivity contribution in [2.24, 2.45) is 0 Å². The van der Waals surface area contributed by atoms with Gasteiger partial charge in [-0.3, -0.25) is 4.79 Å². The lowest BCUT2D eigenvalue weighted by molar-refractivity contribution is -0.119. The Morgan fingerprint density at radius 3 is 2.41 bits per heavy atom. The minimum Gasteiger partial charge on any atom is -0.466 e. The number of hydrogen-bond donors (Lipinski definition) is 1. The standard InChI is InChI=1S/C17H19NO4/c1-4-13-5-7-14(8-6-13)18-16(19)10-21-17(20)15-9-11(2)22-12(15)3/h5-9H,4,10H2,1-3H3,(H,18,19). The first-order valence-corrected chi connectivity index (χ1v) is 7.12. The normalized spacial score (nSPS) is 10.3. The maximum atomic E-state index is 11.9. The van der Waals surface area contributed by atoms with Crippen LogP contribution in [0.1, 0.15) is 34.4 Å². The number of benzene rings is 1. The molecule has 22 heavy (non-hydrogen) atoms. The smallest absolute Gasteiger partial charge is 0.342 e. The average Bonchev–Trinajstić information content (AvgIpc) is 2.84. The van der Waals surface area contributed by atoms with Crippen LogP contribution in [0.5, 0.6) is 0 Å². The second kappa shape index (κ2) is 6.93. The molecule has 1 aromatic carbocycles. The molecule has 0 aliphatic rings. The van der Waals surface area contributed by atoms with E-state index in [2.05, 4.69) is 12.2 Å². The average molecular weight is 301 g/mol. The summed E-state index contributed by atoms with van der Waals surface area (Å²) in [6.45, 7) is 5.15. The number of carbonyl (C=O) groups excluding carboxylic acids is 2. The van der Waals surface area contributed by atoms with E-state index in [-0.39, 0.29) is 12.5 Å². The second-order valence-corrected chi connectivity index (χ2v) is 5.00. The number of nitrogens with one attached hydrogen (secondary N) is 1. The van der Waals surface area contributed by atoms with Crippen molar-refractivity contribution in [2.45, 2.75) is 27.2 Å². The number of ether oxygens (including phenoxy) is 1. The van der Waals surface area contributed by atoms with Crippen molar-refractivity contribution < 1.29 is 18.7 Å². The summed E-state index contributed by atoms with van der Waals surface area (Å²) in [5, 5.41) is 2.68. The fraction of sp³-hybridized carbons (Fsp3) is 0.294. The highest BCUT2D eigenvalue weighted by Crippen LogP contribution is 2.15. The molecule has 5 nitrogen and oxygen atoms in total. The largest absolute Gasteiger partial charge is 0.466 e. The van der Waals surface area contributed by atoms with Gasteiger partial charge in [-0.05, 0) is 44.0 Å². The minimum absolute atomic E-state index is 0.335. The molecule has 0 spiro atoms. The van der Waals surface area contributed by atoms with Gasteiger partial charge < -0.3 is 14.5 Å². The molecule has 0 aliphatic heterocycles. The Hall–Kier alpha value is -2.56. The van der Waals surface area contributed by atoms with Gasteiger partial charge in [0.05, 0.1) is 0 Å². The molecule has 0 fully saturated rings. The molecule has 0 saturated carbocycles. The number of anilines is 1. The van der Waals surface area contributed by atoms with Crippen LogP contribution in [0.3, 0.4) is 0 Å². The number of hydrogen-bond acceptors (Lipinski definition) is 4. The summed E-state index contributed by atoms with van der Waals surface area (Å²) >= 11 is 0. The molecule has 0 atom stereocenters. The van der Waals surface area contributed by atoms with Crippen LogP contribution in [0.15, 0.2) is 34.7 Å². The van der Waals surface area contributed by atoms with E-state index in [0.29, 0.717) is 22.8 Å². The van der Waals surface area contributed by atoms with E-state index in [1.165, 1.54) is 5.56 Å². The molecule has 0 saturated heterocycles. The monoisotopic (exact) mass is 301 g/mol. The van der Waals surface area contributed by atoms with Crippen LogP contribution in [-0.4, -0.2) is 18.5 Å². The zero-order chi connectivity index (χ0) is 16.1. The van der Waals surface area contributed by atoms with Gasteiger partial charge in [0.15, 0.2) is 6.61 Å². The molecule has 0 radical (unpaired) electrons. The fourth-order valence-corrected chi connectivity index (χ4v) is 2.06. The van der Waals surface area contributed by atoms with Gasteiger partial charge in [-0.2, -0.15) is 0 Å². The zero-order valence-electron chi connectivity index (χ0n) is 12.9. The Kier molecular flexibility index (Phi) is 4.99. The number of esters is 1. The maximum Gasteiger partial charge on any atom is 0.342 e. The lowest BCUT2D eigenvalue weighted by atomic mass is 10.1. The van der Waals surface area contributed by atoms with Gasteiger partial charge in [0, 0.05) is 5.69 Å². The van der Waals surface area contributed by atoms with Gasteiger partial charge in [-0.1, -0.05) is 19.1 Å². The van der Waals surface area contributed by atoms with Crippen LogP contribution >= 0.6 is 0 Å². The molecular formula is C17H19NO4. The summed E-state index contributed by atoms with van der Waals surface area (Å²) in [5.41, 5.74) is 2.21. The molecule has 116 valence electrons. The highest BCUT2D eigenvalue weighted by molar-refractivity contribution is 5.95. The summed E-state index contributed by atoms with van der Waals surface area (Å²) in [4.78, 5) is 23.6. The summed E-state index contributed by atoms with van der Waals surface area (Å²) < 4.78 is 10.2. The van der Waals surface area contributed by atoms with Crippen LogP contribution in [0.4, 0.5) is 5.69 Å². The lowest BCUT2D eigenvalue weighted by Crippen LogP contribution is -2.21. The van der Waals surface area contributed by atoms with E-state index in [4.69, 9.17) is 9.15 Å². The lowest BCUT2D eigenvalue weighted by Gasteiger charge is -2.07. The Morgan fingerprint density at radius 1 is 1.18 bits per heavy atom. The van der Waals surface area contributed by atoms with Crippen LogP contribution < -0.4 is 5.32 Å². The predicted molar refractivity (Wildman–Crippen MR) is 82.9 cm³/mol. The molecule has 0 bridgehead atoms. The van der Waals surface area contributed by atoms with E-state index in [9.17, 15) is 9.59 Å². The first kappa shape index (κ1) is 15.8. The van der Waals surface area contributed by atoms with Gasteiger partial charge in [0.25, 0.3) is 5.91 Å². The number of amides is 1. The Balaban J connectivity index is 1.87. The summed E-state index contributed by atoms with van der Waals surface area (Å²) in [6, 6.07) is 9.13. The van der Waals surface area contributed by atoms with Crippen LogP contribution in [-0.2, 0) is 16.0 Å². The highest BCUT2D eigenvalue weighted by atomic mass is 16.5. The molecule has 2 rings (SSSR count). The molecule has 5 heteroatoms. The minimum atomic E-state index is -0.564. The fourth-order valence-electron chi connectivity index (χ4n) is 2.06. The summed E-state index contributed by atoms with van der Waals surface area (Å²) in [7, 11) is 0. The van der Waals surface area contributed by atoms with E-state index in [0.717, 1.165) is 6.42 Å². The molecule has 0 aliphatic carbocycles. The number of aryl methyl sites for hydroxylation is 3. The second-order valence-electron chi connectivity index (χ2n) is 5.00. The summed E-state index contributed by atoms with van der Waals surface area (Å²) in [5.74, 6) is 0.171. The van der Waals surface area contributed by atoms with Gasteiger partial charge in [-0.25, -0.2) is 4.79 Å². The molecule has 0 unspecified atom stereocenters. The van der Waals surface area contributed by atoms with Gasteiger partial charge >= 0.3 is 5.97 Å². The van der Waals surface area contributed by atoms with Crippen molar-refractivity contribution >= 4 is 17.6 Å². The van der Waals surface area contributed by atoms with E-state index in [1.807, 2.05) is 24.3 Å². The van der Waals surface area contributed by atoms with Gasteiger partial charge in [-0.15, -0.1) is 0 Å². The Bertz CT molecular complexity index is 670. The number of rotatable bonds is 5. The first-order chi connectivity index (χ1) is 10.5. The summed E-state index contributed by atoms with van der Waals surface area (Å²) in [6.07, 6.45) is 0.940. The van der Waals surface area contributed by atoms with Gasteiger partial charge in [0.1, 0.15) is 17.1 Å². The van der Waals surface area contributed by atoms with Crippen molar-refractivity contribution in [3.63, 3.8) is 0 Å². The van der Waals surface area contributed by atoms with Crippen LogP contribution in [0.25, 0.3) is 0 Å². The highest BCUT2D eigenvalue weighted by Gasteiger charge is 2.16. The number of carbonyl (C=O) groups is 2. The van der Waals surface area contributed by atoms with Crippen molar-refractivity contribution in [3.05, 3.63) is 53.0 Å². The number of furan rings is 1. The Morgan fingerprint density at radius 2 is 1.86 bits per heavy atom. The van der Waals surface area contributed by atoms with Crippen molar-refractivity contribution in [3.8, 4) is 0 Å². The molecule has 1 aromatic heterocycles. The zero-order valence-corrected chi connectivity index (χ0v) is 12.9. The third kappa shape index (κ3) is 3.97. The Labute approximate surface area is 129 Å². The van der Waals surface area contributed by atoms with E-state index < -0.39 is 5.97 Å². The topological polar surface area (TPSA) is 68.5 Å². The maximum absolute atomic E-state index is 11.9. The molecule has 1 N–H and O–H groups in total. The van der Waals surface area contributed by atoms with Crippen LogP contribution in [0.2, 0.25) is 0 Å². The third-order valence-corrected chi connectivity index (χ3v) is 3.24.